The summed E-state index contributed by atoms with van der Waals surface area (Å²) < 4.78 is 7.44. The van der Waals surface area contributed by atoms with E-state index in [1.807, 2.05) is 31.7 Å². The predicted molar refractivity (Wildman–Crippen MR) is 101 cm³/mol. The van der Waals surface area contributed by atoms with Crippen molar-refractivity contribution in [2.24, 2.45) is 0 Å². The van der Waals surface area contributed by atoms with Crippen LogP contribution in [-0.2, 0) is 13.0 Å². The highest BCUT2D eigenvalue weighted by Crippen LogP contribution is 2.31. The van der Waals surface area contributed by atoms with E-state index < -0.39 is 0 Å². The molecule has 0 aliphatic carbocycles. The minimum atomic E-state index is 0.0390. The van der Waals surface area contributed by atoms with Crippen molar-refractivity contribution in [3.63, 3.8) is 0 Å². The molecule has 0 radical (unpaired) electrons. The van der Waals surface area contributed by atoms with Gasteiger partial charge >= 0.3 is 0 Å². The molecular weight excluding hydrogens is 328 g/mol. The molecule has 0 fully saturated rings. The average Bonchev–Trinajstić information content (AvgIpc) is 3.25. The quantitative estimate of drug-likeness (QED) is 0.781. The lowest BCUT2D eigenvalue weighted by atomic mass is 10.0. The Labute approximate surface area is 152 Å². The molecule has 4 rings (SSSR count). The number of fused-ring (bicyclic) bond motifs is 3. The van der Waals surface area contributed by atoms with Gasteiger partial charge in [0.25, 0.3) is 5.91 Å². The molecule has 3 heterocycles. The van der Waals surface area contributed by atoms with E-state index >= 15 is 0 Å². The van der Waals surface area contributed by atoms with Crippen molar-refractivity contribution in [2.45, 2.75) is 39.8 Å². The summed E-state index contributed by atoms with van der Waals surface area (Å²) in [5.74, 6) is 0.903. The van der Waals surface area contributed by atoms with Gasteiger partial charge in [0, 0.05) is 53.9 Å². The lowest BCUT2D eigenvalue weighted by Crippen LogP contribution is -2.37. The third kappa shape index (κ3) is 2.75. The molecule has 2 aromatic heterocycles. The summed E-state index contributed by atoms with van der Waals surface area (Å²) in [6, 6.07) is 8.07. The lowest BCUT2D eigenvalue weighted by Gasteiger charge is -2.27. The SMILES string of the molecule is CCOc1ccc2[nH]c3c(c2c1)CN(C(=O)c1ccnn1C(C)C)CC3. The Balaban J connectivity index is 1.66. The van der Waals surface area contributed by atoms with Crippen molar-refractivity contribution < 1.29 is 9.53 Å². The summed E-state index contributed by atoms with van der Waals surface area (Å²) >= 11 is 0. The molecule has 6 nitrogen and oxygen atoms in total. The van der Waals surface area contributed by atoms with Crippen molar-refractivity contribution >= 4 is 16.8 Å². The van der Waals surface area contributed by atoms with Gasteiger partial charge in [-0.1, -0.05) is 0 Å². The van der Waals surface area contributed by atoms with Crippen LogP contribution in [0.15, 0.2) is 30.5 Å². The fourth-order valence-corrected chi connectivity index (χ4v) is 3.68. The Morgan fingerprint density at radius 3 is 2.96 bits per heavy atom. The van der Waals surface area contributed by atoms with E-state index in [1.54, 1.807) is 16.9 Å². The fraction of sp³-hybridized carbons (Fsp3) is 0.400. The largest absolute Gasteiger partial charge is 0.494 e. The minimum absolute atomic E-state index is 0.0390. The molecule has 1 aliphatic heterocycles. The zero-order valence-corrected chi connectivity index (χ0v) is 15.5. The normalized spacial score (nSPS) is 14.1. The van der Waals surface area contributed by atoms with Gasteiger partial charge in [0.05, 0.1) is 6.61 Å². The van der Waals surface area contributed by atoms with Crippen molar-refractivity contribution in [3.05, 3.63) is 47.4 Å². The first-order valence-corrected chi connectivity index (χ1v) is 9.17. The monoisotopic (exact) mass is 352 g/mol. The van der Waals surface area contributed by atoms with E-state index in [-0.39, 0.29) is 11.9 Å². The number of H-pyrrole nitrogens is 1. The highest BCUT2D eigenvalue weighted by atomic mass is 16.5. The van der Waals surface area contributed by atoms with Gasteiger partial charge in [0.15, 0.2) is 0 Å². The van der Waals surface area contributed by atoms with Crippen LogP contribution in [0.5, 0.6) is 5.75 Å². The molecule has 1 amide bonds. The van der Waals surface area contributed by atoms with E-state index in [0.29, 0.717) is 25.4 Å². The molecule has 0 bridgehead atoms. The fourth-order valence-electron chi connectivity index (χ4n) is 3.68. The lowest BCUT2D eigenvalue weighted by molar-refractivity contribution is 0.0720. The predicted octanol–water partition coefficient (Wildman–Crippen LogP) is 3.54. The van der Waals surface area contributed by atoms with Crippen LogP contribution >= 0.6 is 0 Å². The van der Waals surface area contributed by atoms with Crippen molar-refractivity contribution in [1.82, 2.24) is 19.7 Å². The molecular formula is C20H24N4O2. The van der Waals surface area contributed by atoms with E-state index in [2.05, 4.69) is 22.2 Å². The highest BCUT2D eigenvalue weighted by Gasteiger charge is 2.27. The van der Waals surface area contributed by atoms with E-state index in [1.165, 1.54) is 11.3 Å². The molecule has 26 heavy (non-hydrogen) atoms. The number of benzene rings is 1. The van der Waals surface area contributed by atoms with E-state index in [0.717, 1.165) is 23.1 Å². The van der Waals surface area contributed by atoms with E-state index in [4.69, 9.17) is 4.74 Å². The third-order valence-electron chi connectivity index (χ3n) is 4.92. The first-order chi connectivity index (χ1) is 12.6. The number of aromatic nitrogens is 3. The molecule has 1 aromatic carbocycles. The number of aromatic amines is 1. The van der Waals surface area contributed by atoms with Crippen LogP contribution in [0.4, 0.5) is 0 Å². The van der Waals surface area contributed by atoms with Gasteiger partial charge in [-0.2, -0.15) is 5.10 Å². The Hall–Kier alpha value is -2.76. The maximum Gasteiger partial charge on any atom is 0.272 e. The second kappa shape index (κ2) is 6.52. The average molecular weight is 352 g/mol. The maximum absolute atomic E-state index is 13.1. The van der Waals surface area contributed by atoms with Crippen molar-refractivity contribution in [2.75, 3.05) is 13.2 Å². The highest BCUT2D eigenvalue weighted by molar-refractivity contribution is 5.93. The van der Waals surface area contributed by atoms with Crippen LogP contribution in [0.25, 0.3) is 10.9 Å². The topological polar surface area (TPSA) is 63.1 Å². The summed E-state index contributed by atoms with van der Waals surface area (Å²) in [6.07, 6.45) is 2.53. The molecule has 6 heteroatoms. The van der Waals surface area contributed by atoms with Crippen LogP contribution in [0.1, 0.15) is 48.6 Å². The second-order valence-electron chi connectivity index (χ2n) is 6.95. The molecule has 3 aromatic rings. The number of carbonyl (C=O) groups is 1. The molecule has 136 valence electrons. The summed E-state index contributed by atoms with van der Waals surface area (Å²) in [7, 11) is 0. The van der Waals surface area contributed by atoms with Gasteiger partial charge < -0.3 is 14.6 Å². The van der Waals surface area contributed by atoms with Gasteiger partial charge in [-0.05, 0) is 45.0 Å². The van der Waals surface area contributed by atoms with Crippen LogP contribution < -0.4 is 4.74 Å². The Kier molecular flexibility index (Phi) is 4.18. The Morgan fingerprint density at radius 1 is 1.35 bits per heavy atom. The molecule has 1 N–H and O–H groups in total. The first-order valence-electron chi connectivity index (χ1n) is 9.17. The van der Waals surface area contributed by atoms with Crippen molar-refractivity contribution in [1.29, 1.82) is 0 Å². The van der Waals surface area contributed by atoms with Gasteiger partial charge in [0.2, 0.25) is 0 Å². The number of rotatable bonds is 4. The molecule has 1 aliphatic rings. The van der Waals surface area contributed by atoms with Crippen LogP contribution in [-0.4, -0.2) is 38.7 Å². The minimum Gasteiger partial charge on any atom is -0.494 e. The number of nitrogens with zero attached hydrogens (tertiary/aromatic N) is 3. The zero-order chi connectivity index (χ0) is 18.3. The summed E-state index contributed by atoms with van der Waals surface area (Å²) in [6.45, 7) is 8.00. The zero-order valence-electron chi connectivity index (χ0n) is 15.5. The second-order valence-corrected chi connectivity index (χ2v) is 6.95. The van der Waals surface area contributed by atoms with Gasteiger partial charge in [-0.25, -0.2) is 0 Å². The molecule has 0 saturated carbocycles. The summed E-state index contributed by atoms with van der Waals surface area (Å²) in [5.41, 5.74) is 4.16. The maximum atomic E-state index is 13.1. The Bertz CT molecular complexity index is 954. The molecule has 0 atom stereocenters. The van der Waals surface area contributed by atoms with Crippen LogP contribution in [0, 0.1) is 0 Å². The summed E-state index contributed by atoms with van der Waals surface area (Å²) in [5, 5.41) is 5.43. The number of ether oxygens (including phenoxy) is 1. The standard InChI is InChI=1S/C20H24N4O2/c1-4-26-14-5-6-17-15(11-14)16-12-23(10-8-18(16)22-17)20(25)19-7-9-21-24(19)13(2)3/h5-7,9,11,13,22H,4,8,10,12H2,1-3H3. The van der Waals surface area contributed by atoms with E-state index in [9.17, 15) is 4.79 Å². The van der Waals surface area contributed by atoms with Crippen LogP contribution in [0.3, 0.4) is 0 Å². The van der Waals surface area contributed by atoms with Crippen LogP contribution in [0.2, 0.25) is 0 Å². The number of nitrogens with one attached hydrogen (secondary N) is 1. The van der Waals surface area contributed by atoms with Gasteiger partial charge in [-0.15, -0.1) is 0 Å². The molecule has 0 saturated heterocycles. The Morgan fingerprint density at radius 2 is 2.19 bits per heavy atom. The van der Waals surface area contributed by atoms with Crippen molar-refractivity contribution in [3.8, 4) is 5.75 Å². The molecule has 0 spiro atoms. The first kappa shape index (κ1) is 16.7. The number of amides is 1. The smallest absolute Gasteiger partial charge is 0.272 e. The number of carbonyl (C=O) groups excluding carboxylic acids is 1. The number of hydrogen-bond acceptors (Lipinski definition) is 3. The molecule has 0 unspecified atom stereocenters. The third-order valence-corrected chi connectivity index (χ3v) is 4.92. The number of hydrogen-bond donors (Lipinski definition) is 1. The van der Waals surface area contributed by atoms with Gasteiger partial charge in [-0.3, -0.25) is 9.48 Å². The van der Waals surface area contributed by atoms with Gasteiger partial charge in [0.1, 0.15) is 11.4 Å². The summed E-state index contributed by atoms with van der Waals surface area (Å²) in [4.78, 5) is 18.5.